The molecular weight excluding hydrogens is 471 g/mol. The Balaban J connectivity index is 1.85. The molecule has 4 rings (SSSR count). The normalized spacial score (nSPS) is 14.1. The zero-order valence-electron chi connectivity index (χ0n) is 16.8. The van der Waals surface area contributed by atoms with Crippen molar-refractivity contribution in [3.05, 3.63) is 46.7 Å². The van der Waals surface area contributed by atoms with Crippen LogP contribution in [0.3, 0.4) is 0 Å². The number of hydrogen-bond acceptors (Lipinski definition) is 6. The second-order valence-electron chi connectivity index (χ2n) is 7.11. The molecule has 170 valence electrons. The fraction of sp³-hybridized carbons (Fsp3) is 0.263. The molecular formula is C19H17ClF3N5O3S. The van der Waals surface area contributed by atoms with Gasteiger partial charge in [-0.3, -0.25) is 9.40 Å². The molecule has 2 N–H and O–H groups in total. The van der Waals surface area contributed by atoms with Crippen LogP contribution in [-0.4, -0.2) is 43.0 Å². The van der Waals surface area contributed by atoms with Crippen LogP contribution in [0.4, 0.5) is 30.5 Å². The fourth-order valence-electron chi connectivity index (χ4n) is 3.42. The van der Waals surface area contributed by atoms with Crippen molar-refractivity contribution >= 4 is 38.9 Å². The summed E-state index contributed by atoms with van der Waals surface area (Å²) in [6.45, 7) is 1.83. The number of benzene rings is 2. The summed E-state index contributed by atoms with van der Waals surface area (Å²) in [6.07, 6.45) is -3.72. The number of nitrogens with zero attached hydrogens (tertiary/aromatic N) is 3. The zero-order chi connectivity index (χ0) is 23.3. The van der Waals surface area contributed by atoms with Crippen LogP contribution >= 0.6 is 11.6 Å². The highest BCUT2D eigenvalue weighted by molar-refractivity contribution is 7.92. The molecule has 2 aromatic carbocycles. The molecule has 0 spiro atoms. The predicted octanol–water partition coefficient (Wildman–Crippen LogP) is 4.35. The largest absolute Gasteiger partial charge is 0.489 e. The van der Waals surface area contributed by atoms with E-state index in [1.54, 1.807) is 6.92 Å². The van der Waals surface area contributed by atoms with Crippen LogP contribution in [0.25, 0.3) is 11.1 Å². The van der Waals surface area contributed by atoms with Gasteiger partial charge in [0, 0.05) is 11.3 Å². The van der Waals surface area contributed by atoms with E-state index < -0.39 is 21.8 Å². The molecule has 0 atom stereocenters. The summed E-state index contributed by atoms with van der Waals surface area (Å²) in [6, 6.07) is 6.39. The summed E-state index contributed by atoms with van der Waals surface area (Å²) < 4.78 is 72.8. The second-order valence-corrected chi connectivity index (χ2v) is 9.43. The molecule has 1 aromatic heterocycles. The zero-order valence-corrected chi connectivity index (χ0v) is 18.4. The van der Waals surface area contributed by atoms with Gasteiger partial charge < -0.3 is 10.1 Å². The summed E-state index contributed by atoms with van der Waals surface area (Å²) >= 11 is 6.30. The molecule has 1 aliphatic rings. The highest BCUT2D eigenvalue weighted by atomic mass is 35.5. The molecule has 8 nitrogen and oxygen atoms in total. The number of anilines is 3. The van der Waals surface area contributed by atoms with Gasteiger partial charge in [0.05, 0.1) is 29.1 Å². The lowest BCUT2D eigenvalue weighted by Gasteiger charge is -2.30. The van der Waals surface area contributed by atoms with E-state index in [9.17, 15) is 21.6 Å². The first kappa shape index (κ1) is 22.2. The molecule has 0 bridgehead atoms. The Bertz CT molecular complexity index is 1290. The minimum absolute atomic E-state index is 0.0455. The molecule has 3 aromatic rings. The molecule has 13 heteroatoms. The van der Waals surface area contributed by atoms with Gasteiger partial charge in [-0.25, -0.2) is 8.42 Å². The van der Waals surface area contributed by atoms with Gasteiger partial charge in [-0.1, -0.05) is 17.7 Å². The molecule has 0 saturated carbocycles. The van der Waals surface area contributed by atoms with Gasteiger partial charge in [-0.2, -0.15) is 18.2 Å². The van der Waals surface area contributed by atoms with Crippen molar-refractivity contribution in [1.29, 1.82) is 0 Å². The number of aromatic nitrogens is 3. The first-order valence-corrected chi connectivity index (χ1v) is 11.5. The number of aromatic amines is 1. The van der Waals surface area contributed by atoms with Gasteiger partial charge in [0.2, 0.25) is 16.0 Å². The molecule has 0 radical (unpaired) electrons. The molecule has 0 unspecified atom stereocenters. The van der Waals surface area contributed by atoms with Crippen LogP contribution < -0.4 is 14.4 Å². The summed E-state index contributed by atoms with van der Waals surface area (Å²) in [5, 5.41) is 8.94. The number of sulfonamides is 1. The number of H-pyrrole nitrogens is 1. The number of fused-ring (bicyclic) bond motifs is 1. The second kappa shape index (κ2) is 7.85. The lowest BCUT2D eigenvalue weighted by molar-refractivity contribution is -0.137. The average Bonchev–Trinajstić information content (AvgIpc) is 3.10. The molecule has 0 aliphatic carbocycles. The molecule has 2 heterocycles. The number of nitrogens with one attached hydrogen (secondary N) is 2. The van der Waals surface area contributed by atoms with Gasteiger partial charge in [0.15, 0.2) is 0 Å². The van der Waals surface area contributed by atoms with Gasteiger partial charge in [-0.15, -0.1) is 5.10 Å². The van der Waals surface area contributed by atoms with Crippen LogP contribution in [0.5, 0.6) is 5.75 Å². The minimum atomic E-state index is -4.74. The average molecular weight is 488 g/mol. The number of rotatable bonds is 4. The van der Waals surface area contributed by atoms with Crippen molar-refractivity contribution in [3.63, 3.8) is 0 Å². The quantitative estimate of drug-likeness (QED) is 0.567. The SMILES string of the molecule is Cc1nc(Nc2cc(Cl)c(-c3ccc4c(c3)N(S(C)(=O)=O)CCO4)c(C(F)(F)F)c2)n[nH]1. The van der Waals surface area contributed by atoms with Crippen molar-refractivity contribution in [2.75, 3.05) is 29.0 Å². The Hall–Kier alpha value is -2.99. The monoisotopic (exact) mass is 487 g/mol. The number of alkyl halides is 3. The lowest BCUT2D eigenvalue weighted by Crippen LogP contribution is -2.37. The molecule has 0 saturated heterocycles. The van der Waals surface area contributed by atoms with Gasteiger partial charge in [0.25, 0.3) is 0 Å². The fourth-order valence-corrected chi connectivity index (χ4v) is 4.65. The van der Waals surface area contributed by atoms with E-state index in [4.69, 9.17) is 16.3 Å². The van der Waals surface area contributed by atoms with Crippen LogP contribution in [0.15, 0.2) is 30.3 Å². The maximum Gasteiger partial charge on any atom is 0.417 e. The maximum atomic E-state index is 14.0. The topological polar surface area (TPSA) is 100 Å². The lowest BCUT2D eigenvalue weighted by atomic mass is 9.97. The highest BCUT2D eigenvalue weighted by Crippen LogP contribution is 2.45. The number of ether oxygens (including phenoxy) is 1. The van der Waals surface area contributed by atoms with E-state index in [0.717, 1.165) is 16.6 Å². The summed E-state index contributed by atoms with van der Waals surface area (Å²) in [7, 11) is -3.65. The van der Waals surface area contributed by atoms with E-state index in [1.807, 2.05) is 0 Å². The first-order chi connectivity index (χ1) is 14.9. The number of aryl methyl sites for hydroxylation is 1. The van der Waals surface area contributed by atoms with Crippen molar-refractivity contribution in [1.82, 2.24) is 15.2 Å². The molecule has 32 heavy (non-hydrogen) atoms. The maximum absolute atomic E-state index is 14.0. The predicted molar refractivity (Wildman–Crippen MR) is 114 cm³/mol. The van der Waals surface area contributed by atoms with Crippen molar-refractivity contribution in [2.45, 2.75) is 13.1 Å². The van der Waals surface area contributed by atoms with E-state index in [2.05, 4.69) is 20.5 Å². The summed E-state index contributed by atoms with van der Waals surface area (Å²) in [5.74, 6) is 0.834. The first-order valence-electron chi connectivity index (χ1n) is 9.25. The molecule has 0 fully saturated rings. The van der Waals surface area contributed by atoms with E-state index in [-0.39, 0.29) is 52.4 Å². The Morgan fingerprint density at radius 1 is 1.25 bits per heavy atom. The van der Waals surface area contributed by atoms with E-state index in [0.29, 0.717) is 5.82 Å². The van der Waals surface area contributed by atoms with Crippen molar-refractivity contribution in [3.8, 4) is 16.9 Å². The smallest absolute Gasteiger partial charge is 0.417 e. The third-order valence-electron chi connectivity index (χ3n) is 4.72. The number of hydrogen-bond donors (Lipinski definition) is 2. The van der Waals surface area contributed by atoms with Gasteiger partial charge >= 0.3 is 6.18 Å². The van der Waals surface area contributed by atoms with Gasteiger partial charge in [0.1, 0.15) is 18.2 Å². The molecule has 1 aliphatic heterocycles. The van der Waals surface area contributed by atoms with Gasteiger partial charge in [-0.05, 0) is 36.8 Å². The third-order valence-corrected chi connectivity index (χ3v) is 6.20. The van der Waals surface area contributed by atoms with Crippen LogP contribution in [-0.2, 0) is 16.2 Å². The summed E-state index contributed by atoms with van der Waals surface area (Å²) in [5.41, 5.74) is -0.983. The Morgan fingerprint density at radius 2 is 2.00 bits per heavy atom. The van der Waals surface area contributed by atoms with Crippen LogP contribution in [0.1, 0.15) is 11.4 Å². The highest BCUT2D eigenvalue weighted by Gasteiger charge is 2.36. The molecule has 0 amide bonds. The van der Waals surface area contributed by atoms with Crippen LogP contribution in [0, 0.1) is 6.92 Å². The minimum Gasteiger partial charge on any atom is -0.489 e. The summed E-state index contributed by atoms with van der Waals surface area (Å²) in [4.78, 5) is 4.01. The Kier molecular flexibility index (Phi) is 5.45. The van der Waals surface area contributed by atoms with Crippen molar-refractivity contribution < 1.29 is 26.3 Å². The third kappa shape index (κ3) is 4.32. The Labute approximate surface area is 186 Å². The van der Waals surface area contributed by atoms with E-state index in [1.165, 1.54) is 24.3 Å². The number of halogens is 4. The van der Waals surface area contributed by atoms with Crippen LogP contribution in [0.2, 0.25) is 5.02 Å². The van der Waals surface area contributed by atoms with Crippen molar-refractivity contribution in [2.24, 2.45) is 0 Å². The Morgan fingerprint density at radius 3 is 2.62 bits per heavy atom. The standard InChI is InChI=1S/C19H17ClF3N5O3S/c1-10-24-18(27-26-10)25-12-8-13(19(21,22)23)17(14(20)9-12)11-3-4-16-15(7-11)28(5-6-31-16)32(2,29)30/h3-4,7-9H,5-6H2,1-2H3,(H2,24,25,26,27). The van der Waals surface area contributed by atoms with E-state index >= 15 is 0 Å².